The maximum absolute atomic E-state index is 12.0. The minimum absolute atomic E-state index is 0.140. The molecule has 3 aromatic rings. The van der Waals surface area contributed by atoms with E-state index in [2.05, 4.69) is 22.4 Å². The van der Waals surface area contributed by atoms with Crippen LogP contribution in [-0.4, -0.2) is 11.1 Å². The van der Waals surface area contributed by atoms with Crippen LogP contribution in [-0.2, 0) is 11.3 Å². The van der Waals surface area contributed by atoms with E-state index >= 15 is 0 Å². The van der Waals surface area contributed by atoms with Crippen molar-refractivity contribution in [2.24, 2.45) is 0 Å². The second-order valence-corrected chi connectivity index (χ2v) is 7.09. The Hall–Kier alpha value is -2.50. The Bertz CT molecular complexity index is 883. The van der Waals surface area contributed by atoms with Crippen LogP contribution in [0.3, 0.4) is 0 Å². The first-order chi connectivity index (χ1) is 12.6. The van der Waals surface area contributed by atoms with E-state index in [1.807, 2.05) is 31.2 Å². The molecule has 1 N–H and O–H groups in total. The number of pyridine rings is 1. The van der Waals surface area contributed by atoms with Crippen molar-refractivity contribution in [3.05, 3.63) is 83.0 Å². The van der Waals surface area contributed by atoms with Crippen LogP contribution in [0.5, 0.6) is 0 Å². The summed E-state index contributed by atoms with van der Waals surface area (Å²) in [6.07, 6.45) is 1.20. The van der Waals surface area contributed by atoms with Crippen molar-refractivity contribution in [2.75, 3.05) is 5.32 Å². The lowest BCUT2D eigenvalue weighted by molar-refractivity contribution is 0.154. The highest BCUT2D eigenvalue weighted by atomic mass is 35.5. The van der Waals surface area contributed by atoms with Gasteiger partial charge < -0.3 is 4.74 Å². The molecule has 0 fully saturated rings. The smallest absolute Gasteiger partial charge is 0.411 e. The van der Waals surface area contributed by atoms with Crippen molar-refractivity contribution in [3.63, 3.8) is 0 Å². The van der Waals surface area contributed by atoms with Crippen molar-refractivity contribution in [2.45, 2.75) is 23.5 Å². The minimum Gasteiger partial charge on any atom is -0.444 e. The molecule has 0 atom stereocenters. The van der Waals surface area contributed by atoms with E-state index in [4.69, 9.17) is 16.3 Å². The zero-order valence-electron chi connectivity index (χ0n) is 14.1. The Kier molecular flexibility index (Phi) is 6.15. The zero-order chi connectivity index (χ0) is 18.4. The third-order valence-corrected chi connectivity index (χ3v) is 4.86. The van der Waals surface area contributed by atoms with Crippen LogP contribution in [0.15, 0.2) is 76.8 Å². The molecule has 2 aromatic carbocycles. The molecule has 0 radical (unpaired) electrons. The van der Waals surface area contributed by atoms with E-state index < -0.39 is 6.09 Å². The second kappa shape index (κ2) is 8.74. The van der Waals surface area contributed by atoms with Gasteiger partial charge in [-0.05, 0) is 49.4 Å². The molecule has 132 valence electrons. The van der Waals surface area contributed by atoms with Crippen molar-refractivity contribution in [1.82, 2.24) is 4.98 Å². The summed E-state index contributed by atoms with van der Waals surface area (Å²) in [5, 5.41) is 4.09. The highest BCUT2D eigenvalue weighted by molar-refractivity contribution is 7.99. The van der Waals surface area contributed by atoms with Crippen molar-refractivity contribution < 1.29 is 9.53 Å². The van der Waals surface area contributed by atoms with Crippen molar-refractivity contribution in [3.8, 4) is 0 Å². The number of rotatable bonds is 5. The van der Waals surface area contributed by atoms with Gasteiger partial charge in [0, 0.05) is 27.4 Å². The van der Waals surface area contributed by atoms with Gasteiger partial charge in [-0.3, -0.25) is 5.32 Å². The first-order valence-electron chi connectivity index (χ1n) is 7.98. The van der Waals surface area contributed by atoms with Crippen LogP contribution in [0.4, 0.5) is 10.5 Å². The van der Waals surface area contributed by atoms with E-state index in [9.17, 15) is 4.79 Å². The molecule has 3 rings (SSSR count). The average Bonchev–Trinajstić information content (AvgIpc) is 2.65. The molecule has 0 saturated carbocycles. The summed E-state index contributed by atoms with van der Waals surface area (Å²) < 4.78 is 5.32. The molecule has 6 heteroatoms. The van der Waals surface area contributed by atoms with Crippen LogP contribution in [0.1, 0.15) is 11.1 Å². The SMILES string of the molecule is Cc1ccc(Sc2ncccc2COC(=O)Nc2ccc(Cl)cc2)cc1. The number of benzene rings is 2. The van der Waals surface area contributed by atoms with Gasteiger partial charge in [-0.25, -0.2) is 9.78 Å². The third-order valence-electron chi connectivity index (χ3n) is 3.53. The topological polar surface area (TPSA) is 51.2 Å². The molecule has 1 amide bonds. The molecule has 0 aliphatic carbocycles. The number of ether oxygens (including phenoxy) is 1. The fourth-order valence-electron chi connectivity index (χ4n) is 2.17. The molecule has 1 aromatic heterocycles. The van der Waals surface area contributed by atoms with Crippen molar-refractivity contribution in [1.29, 1.82) is 0 Å². The van der Waals surface area contributed by atoms with E-state index in [1.165, 1.54) is 5.56 Å². The summed E-state index contributed by atoms with van der Waals surface area (Å²) in [5.74, 6) is 0. The molecule has 0 aliphatic rings. The van der Waals surface area contributed by atoms with Gasteiger partial charge in [-0.15, -0.1) is 0 Å². The number of carbonyl (C=O) groups is 1. The molecule has 4 nitrogen and oxygen atoms in total. The number of nitrogens with one attached hydrogen (secondary N) is 1. The molecule has 0 saturated heterocycles. The lowest BCUT2D eigenvalue weighted by Gasteiger charge is -2.10. The predicted molar refractivity (Wildman–Crippen MR) is 105 cm³/mol. The summed E-state index contributed by atoms with van der Waals surface area (Å²) in [5.41, 5.74) is 2.68. The summed E-state index contributed by atoms with van der Waals surface area (Å²) in [6.45, 7) is 2.19. The molecule has 1 heterocycles. The fraction of sp³-hybridized carbons (Fsp3) is 0.100. The Labute approximate surface area is 161 Å². The predicted octanol–water partition coefficient (Wildman–Crippen LogP) is 5.94. The van der Waals surface area contributed by atoms with Crippen LogP contribution >= 0.6 is 23.4 Å². The van der Waals surface area contributed by atoms with Crippen LogP contribution in [0.25, 0.3) is 0 Å². The molecule has 0 unspecified atom stereocenters. The van der Waals surface area contributed by atoms with Gasteiger partial charge in [0.15, 0.2) is 0 Å². The van der Waals surface area contributed by atoms with Crippen LogP contribution in [0, 0.1) is 6.92 Å². The highest BCUT2D eigenvalue weighted by Crippen LogP contribution is 2.29. The molecule has 0 spiro atoms. The van der Waals surface area contributed by atoms with E-state index in [0.29, 0.717) is 10.7 Å². The number of aromatic nitrogens is 1. The maximum Gasteiger partial charge on any atom is 0.411 e. The second-order valence-electron chi connectivity index (χ2n) is 5.59. The molecule has 0 aliphatic heterocycles. The van der Waals surface area contributed by atoms with Gasteiger partial charge in [0.25, 0.3) is 0 Å². The lowest BCUT2D eigenvalue weighted by Crippen LogP contribution is -2.13. The summed E-state index contributed by atoms with van der Waals surface area (Å²) >= 11 is 7.37. The van der Waals surface area contributed by atoms with Gasteiger partial charge in [0.05, 0.1) is 0 Å². The Morgan fingerprint density at radius 2 is 1.85 bits per heavy atom. The largest absolute Gasteiger partial charge is 0.444 e. The lowest BCUT2D eigenvalue weighted by atomic mass is 10.2. The molecular weight excluding hydrogens is 368 g/mol. The van der Waals surface area contributed by atoms with Gasteiger partial charge in [-0.2, -0.15) is 0 Å². The number of anilines is 1. The van der Waals surface area contributed by atoms with E-state index in [1.54, 1.807) is 42.2 Å². The van der Waals surface area contributed by atoms with Crippen molar-refractivity contribution >= 4 is 35.1 Å². The number of carbonyl (C=O) groups excluding carboxylic acids is 1. The Balaban J connectivity index is 1.61. The van der Waals surface area contributed by atoms with Crippen LogP contribution in [0.2, 0.25) is 5.02 Å². The van der Waals surface area contributed by atoms with Gasteiger partial charge in [0.1, 0.15) is 11.6 Å². The highest BCUT2D eigenvalue weighted by Gasteiger charge is 2.09. The first-order valence-corrected chi connectivity index (χ1v) is 9.17. The third kappa shape index (κ3) is 5.25. The van der Waals surface area contributed by atoms with Gasteiger partial charge >= 0.3 is 6.09 Å². The van der Waals surface area contributed by atoms with E-state index in [0.717, 1.165) is 15.5 Å². The van der Waals surface area contributed by atoms with Gasteiger partial charge in [-0.1, -0.05) is 47.1 Å². The molecule has 26 heavy (non-hydrogen) atoms. The minimum atomic E-state index is -0.525. The number of aryl methyl sites for hydroxylation is 1. The quantitative estimate of drug-likeness (QED) is 0.591. The zero-order valence-corrected chi connectivity index (χ0v) is 15.7. The number of halogens is 1. The number of nitrogens with zero attached hydrogens (tertiary/aromatic N) is 1. The monoisotopic (exact) mass is 384 g/mol. The average molecular weight is 385 g/mol. The normalized spacial score (nSPS) is 10.4. The summed E-state index contributed by atoms with van der Waals surface area (Å²) in [4.78, 5) is 17.5. The van der Waals surface area contributed by atoms with Gasteiger partial charge in [0.2, 0.25) is 0 Å². The molecular formula is C20H17ClN2O2S. The molecule has 0 bridgehead atoms. The van der Waals surface area contributed by atoms with Crippen LogP contribution < -0.4 is 5.32 Å². The standard InChI is InChI=1S/C20H17ClN2O2S/c1-14-4-10-18(11-5-14)26-19-15(3-2-12-22-19)13-25-20(24)23-17-8-6-16(21)7-9-17/h2-12H,13H2,1H3,(H,23,24). The fourth-order valence-corrected chi connectivity index (χ4v) is 3.17. The Morgan fingerprint density at radius 3 is 2.58 bits per heavy atom. The van der Waals surface area contributed by atoms with E-state index in [-0.39, 0.29) is 6.61 Å². The summed E-state index contributed by atoms with van der Waals surface area (Å²) in [6, 6.07) is 18.8. The maximum atomic E-state index is 12.0. The number of hydrogen-bond acceptors (Lipinski definition) is 4. The number of amides is 1. The summed E-state index contributed by atoms with van der Waals surface area (Å²) in [7, 11) is 0. The number of hydrogen-bond donors (Lipinski definition) is 1. The Morgan fingerprint density at radius 1 is 1.12 bits per heavy atom. The first kappa shape index (κ1) is 18.3.